The van der Waals surface area contributed by atoms with Crippen LogP contribution in [0, 0.1) is 12.7 Å². The summed E-state index contributed by atoms with van der Waals surface area (Å²) in [7, 11) is 0. The molecule has 1 aromatic rings. The number of nitrogens with one attached hydrogen (secondary N) is 1. The third-order valence-electron chi connectivity index (χ3n) is 2.81. The minimum Gasteiger partial charge on any atom is -0.480 e. The highest BCUT2D eigenvalue weighted by Gasteiger charge is 2.31. The van der Waals surface area contributed by atoms with E-state index < -0.39 is 11.5 Å². The summed E-state index contributed by atoms with van der Waals surface area (Å²) in [6, 6.07) is 4.65. The van der Waals surface area contributed by atoms with E-state index >= 15 is 0 Å². The second kappa shape index (κ2) is 5.17. The molecule has 1 atom stereocenters. The average Bonchev–Trinajstić information content (AvgIpc) is 2.23. The maximum atomic E-state index is 13.4. The van der Waals surface area contributed by atoms with Crippen molar-refractivity contribution in [3.05, 3.63) is 29.6 Å². The van der Waals surface area contributed by atoms with Crippen molar-refractivity contribution in [3.8, 4) is 0 Å². The summed E-state index contributed by atoms with van der Waals surface area (Å²) >= 11 is 0. The van der Waals surface area contributed by atoms with Crippen molar-refractivity contribution in [2.45, 2.75) is 39.2 Å². The first kappa shape index (κ1) is 13.5. The number of carbonyl (C=O) groups is 1. The number of hydrogen-bond acceptors (Lipinski definition) is 2. The van der Waals surface area contributed by atoms with E-state index in [0.717, 1.165) is 6.42 Å². The number of aliphatic carboxylic acids is 1. The van der Waals surface area contributed by atoms with Gasteiger partial charge >= 0.3 is 5.97 Å². The Kier molecular flexibility index (Phi) is 4.10. The largest absolute Gasteiger partial charge is 0.480 e. The summed E-state index contributed by atoms with van der Waals surface area (Å²) in [4.78, 5) is 11.2. The lowest BCUT2D eigenvalue weighted by molar-refractivity contribution is -0.141. The molecule has 0 saturated carbocycles. The molecule has 1 aromatic carbocycles. The van der Waals surface area contributed by atoms with Crippen molar-refractivity contribution < 1.29 is 14.3 Å². The van der Waals surface area contributed by atoms with Crippen LogP contribution in [-0.2, 0) is 4.79 Å². The van der Waals surface area contributed by atoms with Gasteiger partial charge in [-0.2, -0.15) is 0 Å². The molecule has 0 aromatic heterocycles. The Morgan fingerprint density at radius 3 is 2.65 bits per heavy atom. The topological polar surface area (TPSA) is 49.3 Å². The lowest BCUT2D eigenvalue weighted by Gasteiger charge is -2.27. The summed E-state index contributed by atoms with van der Waals surface area (Å²) in [5, 5.41) is 12.1. The van der Waals surface area contributed by atoms with E-state index in [0.29, 0.717) is 17.7 Å². The van der Waals surface area contributed by atoms with Crippen LogP contribution in [0.3, 0.4) is 0 Å². The quantitative estimate of drug-likeness (QED) is 0.829. The Hall–Kier alpha value is -1.58. The fourth-order valence-electron chi connectivity index (χ4n) is 1.71. The average molecular weight is 239 g/mol. The summed E-state index contributed by atoms with van der Waals surface area (Å²) in [5.41, 5.74) is -0.0225. The van der Waals surface area contributed by atoms with Crippen LogP contribution in [0.1, 0.15) is 32.3 Å². The van der Waals surface area contributed by atoms with Gasteiger partial charge in [0.05, 0.1) is 0 Å². The Morgan fingerprint density at radius 2 is 2.18 bits per heavy atom. The van der Waals surface area contributed by atoms with Crippen LogP contribution in [0.5, 0.6) is 0 Å². The number of aryl methyl sites for hydroxylation is 1. The van der Waals surface area contributed by atoms with Crippen LogP contribution in [-0.4, -0.2) is 16.6 Å². The zero-order chi connectivity index (χ0) is 13.1. The molecule has 94 valence electrons. The maximum Gasteiger partial charge on any atom is 0.329 e. The third-order valence-corrected chi connectivity index (χ3v) is 2.81. The fourth-order valence-corrected chi connectivity index (χ4v) is 1.71. The number of anilines is 1. The van der Waals surface area contributed by atoms with E-state index in [9.17, 15) is 14.3 Å². The normalized spacial score (nSPS) is 14.1. The van der Waals surface area contributed by atoms with E-state index in [-0.39, 0.29) is 5.82 Å². The van der Waals surface area contributed by atoms with E-state index in [2.05, 4.69) is 5.32 Å². The SMILES string of the molecule is CCCC(C)(Nc1ccc(C)c(F)c1)C(=O)O. The fraction of sp³-hybridized carbons (Fsp3) is 0.462. The second-order valence-corrected chi connectivity index (χ2v) is 4.48. The molecule has 3 nitrogen and oxygen atoms in total. The molecule has 17 heavy (non-hydrogen) atoms. The minimum absolute atomic E-state index is 0.334. The molecule has 0 aliphatic rings. The standard InChI is InChI=1S/C13H18FNO2/c1-4-7-13(3,12(16)17)15-10-6-5-9(2)11(14)8-10/h5-6,8,15H,4,7H2,1-3H3,(H,16,17). The molecule has 0 amide bonds. The molecule has 0 radical (unpaired) electrons. The van der Waals surface area contributed by atoms with Crippen LogP contribution < -0.4 is 5.32 Å². The van der Waals surface area contributed by atoms with Crippen molar-refractivity contribution in [1.29, 1.82) is 0 Å². The van der Waals surface area contributed by atoms with E-state index in [1.54, 1.807) is 26.0 Å². The molecule has 1 unspecified atom stereocenters. The predicted molar refractivity (Wildman–Crippen MR) is 65.7 cm³/mol. The first-order chi connectivity index (χ1) is 7.89. The number of carboxylic acid groups (broad SMARTS) is 1. The first-order valence-electron chi connectivity index (χ1n) is 5.67. The van der Waals surface area contributed by atoms with Gasteiger partial charge in [-0.15, -0.1) is 0 Å². The van der Waals surface area contributed by atoms with E-state index in [4.69, 9.17) is 0 Å². The van der Waals surface area contributed by atoms with Crippen LogP contribution in [0.2, 0.25) is 0 Å². The van der Waals surface area contributed by atoms with Gasteiger partial charge in [-0.1, -0.05) is 19.4 Å². The van der Waals surface area contributed by atoms with Gasteiger partial charge in [-0.05, 0) is 38.0 Å². The summed E-state index contributed by atoms with van der Waals surface area (Å²) in [5.74, 6) is -1.26. The summed E-state index contributed by atoms with van der Waals surface area (Å²) in [6.45, 7) is 5.19. The highest BCUT2D eigenvalue weighted by Crippen LogP contribution is 2.22. The van der Waals surface area contributed by atoms with Crippen molar-refractivity contribution in [2.75, 3.05) is 5.32 Å². The molecule has 0 bridgehead atoms. The van der Waals surface area contributed by atoms with Crippen molar-refractivity contribution >= 4 is 11.7 Å². The minimum atomic E-state index is -1.06. The lowest BCUT2D eigenvalue weighted by atomic mass is 9.96. The predicted octanol–water partition coefficient (Wildman–Crippen LogP) is 3.19. The number of hydrogen-bond donors (Lipinski definition) is 2. The van der Waals surface area contributed by atoms with Gasteiger partial charge in [0.1, 0.15) is 11.4 Å². The molecular formula is C13H18FNO2. The van der Waals surface area contributed by atoms with Gasteiger partial charge in [0.15, 0.2) is 0 Å². The van der Waals surface area contributed by atoms with Crippen molar-refractivity contribution in [1.82, 2.24) is 0 Å². The number of benzene rings is 1. The molecule has 1 rings (SSSR count). The molecule has 0 fully saturated rings. The van der Waals surface area contributed by atoms with Crippen LogP contribution >= 0.6 is 0 Å². The number of halogens is 1. The monoisotopic (exact) mass is 239 g/mol. The first-order valence-corrected chi connectivity index (χ1v) is 5.67. The highest BCUT2D eigenvalue weighted by atomic mass is 19.1. The smallest absolute Gasteiger partial charge is 0.329 e. The van der Waals surface area contributed by atoms with Gasteiger partial charge < -0.3 is 10.4 Å². The molecular weight excluding hydrogens is 221 g/mol. The Balaban J connectivity index is 2.94. The second-order valence-electron chi connectivity index (χ2n) is 4.48. The molecule has 0 spiro atoms. The molecule has 0 heterocycles. The Labute approximate surface area is 101 Å². The number of carboxylic acids is 1. The van der Waals surface area contributed by atoms with Gasteiger partial charge in [-0.25, -0.2) is 9.18 Å². The molecule has 0 aliphatic heterocycles. The highest BCUT2D eigenvalue weighted by molar-refractivity contribution is 5.82. The third kappa shape index (κ3) is 3.19. The van der Waals surface area contributed by atoms with Crippen molar-refractivity contribution in [3.63, 3.8) is 0 Å². The summed E-state index contributed by atoms with van der Waals surface area (Å²) in [6.07, 6.45) is 1.22. The van der Waals surface area contributed by atoms with Crippen LogP contribution in [0.15, 0.2) is 18.2 Å². The van der Waals surface area contributed by atoms with Gasteiger partial charge in [0, 0.05) is 5.69 Å². The zero-order valence-corrected chi connectivity index (χ0v) is 10.4. The Bertz CT molecular complexity index is 420. The maximum absolute atomic E-state index is 13.4. The van der Waals surface area contributed by atoms with E-state index in [1.807, 2.05) is 6.92 Å². The molecule has 4 heteroatoms. The number of rotatable bonds is 5. The van der Waals surface area contributed by atoms with Gasteiger partial charge in [-0.3, -0.25) is 0 Å². The van der Waals surface area contributed by atoms with Gasteiger partial charge in [0.2, 0.25) is 0 Å². The van der Waals surface area contributed by atoms with Gasteiger partial charge in [0.25, 0.3) is 0 Å². The van der Waals surface area contributed by atoms with Crippen LogP contribution in [0.4, 0.5) is 10.1 Å². The van der Waals surface area contributed by atoms with E-state index in [1.165, 1.54) is 6.07 Å². The molecule has 0 aliphatic carbocycles. The zero-order valence-electron chi connectivity index (χ0n) is 10.4. The lowest BCUT2D eigenvalue weighted by Crippen LogP contribution is -2.43. The summed E-state index contributed by atoms with van der Waals surface area (Å²) < 4.78 is 13.4. The van der Waals surface area contributed by atoms with Crippen molar-refractivity contribution in [2.24, 2.45) is 0 Å². The Morgan fingerprint density at radius 1 is 1.53 bits per heavy atom. The molecule has 2 N–H and O–H groups in total. The molecule has 0 saturated heterocycles. The van der Waals surface area contributed by atoms with Crippen LogP contribution in [0.25, 0.3) is 0 Å².